The van der Waals surface area contributed by atoms with Crippen molar-refractivity contribution < 1.29 is 4.39 Å². The van der Waals surface area contributed by atoms with Crippen molar-refractivity contribution in [2.75, 3.05) is 42.0 Å². The highest BCUT2D eigenvalue weighted by atomic mass is 32.2. The zero-order valence-electron chi connectivity index (χ0n) is 24.1. The third-order valence-corrected chi connectivity index (χ3v) is 10.1. The van der Waals surface area contributed by atoms with Gasteiger partial charge in [0.1, 0.15) is 0 Å². The average Bonchev–Trinajstić information content (AvgIpc) is 3.41. The van der Waals surface area contributed by atoms with Gasteiger partial charge in [-0.15, -0.1) is 11.3 Å². The molecule has 0 unspecified atom stereocenters. The molecule has 3 aromatic rings. The summed E-state index contributed by atoms with van der Waals surface area (Å²) in [6.45, 7) is 13.0. The van der Waals surface area contributed by atoms with Crippen LogP contribution in [0.25, 0.3) is 21.8 Å². The number of aromatic nitrogens is 3. The minimum atomic E-state index is -0.285. The minimum Gasteiger partial charge on any atom is -0.351 e. The van der Waals surface area contributed by atoms with Crippen molar-refractivity contribution >= 4 is 34.9 Å². The van der Waals surface area contributed by atoms with Crippen LogP contribution in [-0.4, -0.2) is 63.9 Å². The fourth-order valence-corrected chi connectivity index (χ4v) is 7.12. The lowest BCUT2D eigenvalue weighted by Gasteiger charge is -2.39. The summed E-state index contributed by atoms with van der Waals surface area (Å²) in [6.07, 6.45) is 7.45. The summed E-state index contributed by atoms with van der Waals surface area (Å²) in [5, 5.41) is 8.01. The van der Waals surface area contributed by atoms with Crippen molar-refractivity contribution in [2.24, 2.45) is 0 Å². The van der Waals surface area contributed by atoms with E-state index in [1.807, 2.05) is 18.2 Å². The Kier molecular flexibility index (Phi) is 9.60. The van der Waals surface area contributed by atoms with Crippen molar-refractivity contribution in [3.63, 3.8) is 0 Å². The SMILES string of the molecule is CCCSNc1cccc(-c2nc(C(C)(C)C)sc2-c2ccnc(NC3CCC(N4CCNCC4)CC3)n2)c1F. The number of halogens is 1. The first kappa shape index (κ1) is 29.2. The van der Waals surface area contributed by atoms with E-state index in [2.05, 4.69) is 52.9 Å². The molecular formula is C30H42FN7S2. The number of piperazine rings is 1. The van der Waals surface area contributed by atoms with Crippen LogP contribution in [0.5, 0.6) is 0 Å². The Morgan fingerprint density at radius 2 is 1.88 bits per heavy atom. The summed E-state index contributed by atoms with van der Waals surface area (Å²) in [5.41, 5.74) is 2.21. The molecule has 2 aliphatic rings. The smallest absolute Gasteiger partial charge is 0.223 e. The number of anilines is 2. The van der Waals surface area contributed by atoms with Crippen molar-refractivity contribution in [1.29, 1.82) is 0 Å². The van der Waals surface area contributed by atoms with Gasteiger partial charge >= 0.3 is 0 Å². The maximum Gasteiger partial charge on any atom is 0.223 e. The standard InChI is InChI=1S/C30H42FN7S2/c1-5-19-39-37-23-8-6-7-22(25(23)31)26-27(40-28(36-26)30(2,3)4)24-13-14-33-29(35-24)34-20-9-11-21(12-10-20)38-17-15-32-16-18-38/h6-8,13-14,20-21,32,37H,5,9-12,15-19H2,1-4H3,(H,33,34,35). The summed E-state index contributed by atoms with van der Waals surface area (Å²) in [7, 11) is 0. The molecule has 1 saturated carbocycles. The number of thiazole rings is 1. The maximum absolute atomic E-state index is 15.8. The Bertz CT molecular complexity index is 1260. The molecule has 1 aliphatic heterocycles. The molecule has 1 aliphatic carbocycles. The third-order valence-electron chi connectivity index (χ3n) is 7.60. The predicted molar refractivity (Wildman–Crippen MR) is 168 cm³/mol. The van der Waals surface area contributed by atoms with E-state index in [1.54, 1.807) is 23.6 Å². The summed E-state index contributed by atoms with van der Waals surface area (Å²) >= 11 is 3.11. The minimum absolute atomic E-state index is 0.169. The highest BCUT2D eigenvalue weighted by molar-refractivity contribution is 8.00. The van der Waals surface area contributed by atoms with Crippen LogP contribution in [0, 0.1) is 5.82 Å². The molecule has 0 atom stereocenters. The highest BCUT2D eigenvalue weighted by Crippen LogP contribution is 2.42. The maximum atomic E-state index is 15.8. The molecule has 1 saturated heterocycles. The molecule has 5 rings (SSSR count). The molecule has 0 radical (unpaired) electrons. The van der Waals surface area contributed by atoms with E-state index >= 15 is 4.39 Å². The Morgan fingerprint density at radius 3 is 2.60 bits per heavy atom. The Labute approximate surface area is 246 Å². The van der Waals surface area contributed by atoms with Gasteiger partial charge in [-0.25, -0.2) is 19.3 Å². The molecular weight excluding hydrogens is 542 g/mol. The van der Waals surface area contributed by atoms with Gasteiger partial charge < -0.3 is 15.4 Å². The number of nitrogens with zero attached hydrogens (tertiary/aromatic N) is 4. The number of benzene rings is 1. The second kappa shape index (κ2) is 13.1. The van der Waals surface area contributed by atoms with Crippen molar-refractivity contribution in [1.82, 2.24) is 25.2 Å². The normalized spacial score (nSPS) is 20.4. The first-order valence-electron chi connectivity index (χ1n) is 14.6. The number of hydrogen-bond donors (Lipinski definition) is 3. The molecule has 40 heavy (non-hydrogen) atoms. The summed E-state index contributed by atoms with van der Waals surface area (Å²) < 4.78 is 19.0. The van der Waals surface area contributed by atoms with Crippen molar-refractivity contribution in [2.45, 2.75) is 77.3 Å². The summed E-state index contributed by atoms with van der Waals surface area (Å²) in [5.74, 6) is 1.26. The van der Waals surface area contributed by atoms with Crippen LogP contribution >= 0.6 is 23.3 Å². The largest absolute Gasteiger partial charge is 0.351 e. The molecule has 10 heteroatoms. The van der Waals surface area contributed by atoms with Gasteiger partial charge in [-0.05, 0) is 50.3 Å². The zero-order valence-corrected chi connectivity index (χ0v) is 25.7. The number of rotatable bonds is 9. The fourth-order valence-electron chi connectivity index (χ4n) is 5.39. The fraction of sp³-hybridized carbons (Fsp3) is 0.567. The quantitative estimate of drug-likeness (QED) is 0.188. The lowest BCUT2D eigenvalue weighted by Crippen LogP contribution is -2.50. The Balaban J connectivity index is 1.37. The van der Waals surface area contributed by atoms with Crippen LogP contribution in [0.2, 0.25) is 0 Å². The van der Waals surface area contributed by atoms with Crippen LogP contribution in [0.4, 0.5) is 16.0 Å². The number of hydrogen-bond acceptors (Lipinski definition) is 9. The zero-order chi connectivity index (χ0) is 28.1. The van der Waals surface area contributed by atoms with Gasteiger partial charge in [0.05, 0.1) is 27.0 Å². The van der Waals surface area contributed by atoms with E-state index in [0.717, 1.165) is 66.8 Å². The predicted octanol–water partition coefficient (Wildman–Crippen LogP) is 6.80. The van der Waals surface area contributed by atoms with Gasteiger partial charge in [0.2, 0.25) is 5.95 Å². The molecule has 0 bridgehead atoms. The van der Waals surface area contributed by atoms with E-state index < -0.39 is 0 Å². The molecule has 0 amide bonds. The van der Waals surface area contributed by atoms with E-state index in [1.165, 1.54) is 24.8 Å². The first-order valence-corrected chi connectivity index (χ1v) is 16.4. The molecule has 1 aromatic carbocycles. The van der Waals surface area contributed by atoms with Crippen LogP contribution < -0.4 is 15.4 Å². The molecule has 2 aromatic heterocycles. The molecule has 3 N–H and O–H groups in total. The average molecular weight is 584 g/mol. The van der Waals surface area contributed by atoms with Crippen molar-refractivity contribution in [3.8, 4) is 21.8 Å². The summed E-state index contributed by atoms with van der Waals surface area (Å²) in [6, 6.07) is 8.43. The molecule has 2 fully saturated rings. The van der Waals surface area contributed by atoms with Gasteiger partial charge in [0, 0.05) is 61.2 Å². The molecule has 3 heterocycles. The molecule has 216 valence electrons. The molecule has 0 spiro atoms. The molecule has 7 nitrogen and oxygen atoms in total. The van der Waals surface area contributed by atoms with Gasteiger partial charge in [-0.2, -0.15) is 0 Å². The van der Waals surface area contributed by atoms with Gasteiger partial charge in [0.25, 0.3) is 0 Å². The second-order valence-electron chi connectivity index (χ2n) is 11.8. The van der Waals surface area contributed by atoms with Gasteiger partial charge in [-0.3, -0.25) is 4.90 Å². The lowest BCUT2D eigenvalue weighted by atomic mass is 9.90. The van der Waals surface area contributed by atoms with Gasteiger partial charge in [-0.1, -0.05) is 45.7 Å². The highest BCUT2D eigenvalue weighted by Gasteiger charge is 2.28. The van der Waals surface area contributed by atoms with Crippen LogP contribution in [0.1, 0.15) is 64.8 Å². The van der Waals surface area contributed by atoms with Gasteiger partial charge in [0.15, 0.2) is 5.82 Å². The van der Waals surface area contributed by atoms with Crippen LogP contribution in [0.3, 0.4) is 0 Å². The third kappa shape index (κ3) is 6.95. The van der Waals surface area contributed by atoms with E-state index in [4.69, 9.17) is 9.97 Å². The van der Waals surface area contributed by atoms with E-state index in [0.29, 0.717) is 35.0 Å². The Morgan fingerprint density at radius 1 is 1.10 bits per heavy atom. The number of nitrogens with one attached hydrogen (secondary N) is 3. The monoisotopic (exact) mass is 583 g/mol. The van der Waals surface area contributed by atoms with Crippen LogP contribution in [-0.2, 0) is 5.41 Å². The van der Waals surface area contributed by atoms with Crippen LogP contribution in [0.15, 0.2) is 30.5 Å². The topological polar surface area (TPSA) is 78.0 Å². The Hall–Kier alpha value is -2.27. The first-order chi connectivity index (χ1) is 19.3. The van der Waals surface area contributed by atoms with E-state index in [9.17, 15) is 0 Å². The lowest BCUT2D eigenvalue weighted by molar-refractivity contribution is 0.135. The van der Waals surface area contributed by atoms with Crippen molar-refractivity contribution in [3.05, 3.63) is 41.3 Å². The van der Waals surface area contributed by atoms with E-state index in [-0.39, 0.29) is 11.2 Å². The second-order valence-corrected chi connectivity index (χ2v) is 13.7. The summed E-state index contributed by atoms with van der Waals surface area (Å²) in [4.78, 5) is 18.0.